The fraction of sp³-hybridized carbons (Fsp3) is 0. The van der Waals surface area contributed by atoms with Crippen LogP contribution in [0.15, 0.2) is 6.20 Å². The number of hydrazine groups is 1. The number of nitrogen functional groups attached to an aromatic ring is 1. The Morgan fingerprint density at radius 2 is 2.56 bits per heavy atom. The summed E-state index contributed by atoms with van der Waals surface area (Å²) >= 11 is 4.64. The smallest absolute Gasteiger partial charge is 0.215 e. The molecule has 0 amide bonds. The lowest BCUT2D eigenvalue weighted by atomic mass is 10.8. The first kappa shape index (κ1) is 6.12. The Kier molecular flexibility index (Phi) is 1.71. The summed E-state index contributed by atoms with van der Waals surface area (Å²) in [6.45, 7) is 0. The second kappa shape index (κ2) is 2.51. The van der Waals surface area contributed by atoms with E-state index in [1.54, 1.807) is 0 Å². The van der Waals surface area contributed by atoms with Gasteiger partial charge in [0.25, 0.3) is 0 Å². The molecule has 1 aromatic heterocycles. The van der Waals surface area contributed by atoms with Crippen LogP contribution in [-0.2, 0) is 0 Å². The molecule has 0 radical (unpaired) electrons. The molecule has 0 bridgehead atoms. The fourth-order valence-electron chi connectivity index (χ4n) is 0.381. The number of nitrogens with zero attached hydrogens (tertiary/aromatic N) is 2. The maximum Gasteiger partial charge on any atom is 0.215 e. The van der Waals surface area contributed by atoms with Crippen molar-refractivity contribution < 1.29 is 0 Å². The quantitative estimate of drug-likeness (QED) is 0.289. The van der Waals surface area contributed by atoms with Gasteiger partial charge in [-0.05, 0) is 12.2 Å². The molecule has 0 spiro atoms. The van der Waals surface area contributed by atoms with Crippen molar-refractivity contribution in [2.45, 2.75) is 0 Å². The lowest BCUT2D eigenvalue weighted by Crippen LogP contribution is -2.09. The summed E-state index contributed by atoms with van der Waals surface area (Å²) in [7, 11) is 0. The van der Waals surface area contributed by atoms with E-state index in [0.29, 0.717) is 10.6 Å². The normalized spacial score (nSPS) is 9.00. The van der Waals surface area contributed by atoms with Gasteiger partial charge < -0.3 is 5.43 Å². The molecule has 4 N–H and O–H groups in total. The molecular weight excluding hydrogens is 138 g/mol. The molecule has 6 heteroatoms. The summed E-state index contributed by atoms with van der Waals surface area (Å²) < 4.78 is 0.311. The van der Waals surface area contributed by atoms with Crippen LogP contribution < -0.4 is 11.3 Å². The van der Waals surface area contributed by atoms with Gasteiger partial charge in [0.15, 0.2) is 5.82 Å². The Labute approximate surface area is 56.3 Å². The molecule has 1 heterocycles. The van der Waals surface area contributed by atoms with E-state index >= 15 is 0 Å². The zero-order valence-corrected chi connectivity index (χ0v) is 5.27. The van der Waals surface area contributed by atoms with Crippen LogP contribution in [0.4, 0.5) is 5.82 Å². The second-order valence-corrected chi connectivity index (χ2v) is 1.70. The van der Waals surface area contributed by atoms with Crippen molar-refractivity contribution in [1.82, 2.24) is 15.2 Å². The van der Waals surface area contributed by atoms with Gasteiger partial charge in [0.2, 0.25) is 4.77 Å². The van der Waals surface area contributed by atoms with Crippen molar-refractivity contribution in [2.75, 3.05) is 5.43 Å². The highest BCUT2D eigenvalue weighted by Gasteiger charge is 1.85. The summed E-state index contributed by atoms with van der Waals surface area (Å²) in [5.74, 6) is 5.46. The van der Waals surface area contributed by atoms with Crippen LogP contribution >= 0.6 is 12.2 Å². The molecule has 0 unspecified atom stereocenters. The second-order valence-electron chi connectivity index (χ2n) is 1.32. The molecule has 0 aliphatic rings. The summed E-state index contributed by atoms with van der Waals surface area (Å²) in [6.07, 6.45) is 1.44. The van der Waals surface area contributed by atoms with Crippen LogP contribution in [0.3, 0.4) is 0 Å². The van der Waals surface area contributed by atoms with Gasteiger partial charge in [-0.1, -0.05) is 0 Å². The van der Waals surface area contributed by atoms with E-state index in [0.717, 1.165) is 0 Å². The molecule has 1 rings (SSSR count). The molecule has 0 saturated heterocycles. The Balaban J connectivity index is 3.08. The van der Waals surface area contributed by atoms with Gasteiger partial charge in [0.05, 0.1) is 6.20 Å². The average molecular weight is 143 g/mol. The maximum absolute atomic E-state index is 5.01. The Morgan fingerprint density at radius 1 is 1.78 bits per heavy atom. The minimum absolute atomic E-state index is 0.311. The number of hydrogen-bond donors (Lipinski definition) is 3. The SMILES string of the molecule is NNc1cn[nH]c(=S)n1. The van der Waals surface area contributed by atoms with Gasteiger partial charge in [0.1, 0.15) is 0 Å². The first-order valence-electron chi connectivity index (χ1n) is 2.21. The molecule has 9 heavy (non-hydrogen) atoms. The number of aromatic nitrogens is 3. The highest BCUT2D eigenvalue weighted by atomic mass is 32.1. The largest absolute Gasteiger partial charge is 0.307 e. The lowest BCUT2D eigenvalue weighted by molar-refractivity contribution is 0.946. The number of hydrogen-bond acceptors (Lipinski definition) is 5. The van der Waals surface area contributed by atoms with Gasteiger partial charge in [-0.25, -0.2) is 5.84 Å². The molecule has 48 valence electrons. The van der Waals surface area contributed by atoms with Gasteiger partial charge in [-0.15, -0.1) is 0 Å². The monoisotopic (exact) mass is 143 g/mol. The number of nitrogens with two attached hydrogens (primary N) is 1. The van der Waals surface area contributed by atoms with Crippen molar-refractivity contribution in [1.29, 1.82) is 0 Å². The molecule has 5 nitrogen and oxygen atoms in total. The van der Waals surface area contributed by atoms with Crippen LogP contribution in [0.5, 0.6) is 0 Å². The lowest BCUT2D eigenvalue weighted by Gasteiger charge is -1.92. The van der Waals surface area contributed by atoms with E-state index in [1.165, 1.54) is 6.20 Å². The minimum Gasteiger partial charge on any atom is -0.307 e. The van der Waals surface area contributed by atoms with E-state index in [2.05, 4.69) is 32.8 Å². The zero-order valence-electron chi connectivity index (χ0n) is 4.46. The standard InChI is InChI=1S/C3H5N5S/c4-7-2-1-5-8-3(9)6-2/h1H,4H2,(H2,6,7,8,9). The van der Waals surface area contributed by atoms with Gasteiger partial charge in [0, 0.05) is 0 Å². The Bertz CT molecular complexity index is 242. The van der Waals surface area contributed by atoms with Crippen LogP contribution in [0.25, 0.3) is 0 Å². The third kappa shape index (κ3) is 1.44. The van der Waals surface area contributed by atoms with Gasteiger partial charge >= 0.3 is 0 Å². The number of nitrogens with one attached hydrogen (secondary N) is 2. The third-order valence-electron chi connectivity index (χ3n) is 0.717. The summed E-state index contributed by atoms with van der Waals surface area (Å²) in [5.41, 5.74) is 2.31. The topological polar surface area (TPSA) is 79.6 Å². The van der Waals surface area contributed by atoms with Crippen LogP contribution in [0.1, 0.15) is 0 Å². The molecular formula is C3H5N5S. The molecule has 0 aliphatic heterocycles. The van der Waals surface area contributed by atoms with E-state index < -0.39 is 0 Å². The predicted octanol–water partition coefficient (Wildman–Crippen LogP) is -0.180. The zero-order chi connectivity index (χ0) is 6.69. The van der Waals surface area contributed by atoms with E-state index in [4.69, 9.17) is 5.84 Å². The fourth-order valence-corrected chi connectivity index (χ4v) is 0.532. The van der Waals surface area contributed by atoms with E-state index in [9.17, 15) is 0 Å². The number of aromatic amines is 1. The average Bonchev–Trinajstić information content (AvgIpc) is 1.88. The molecule has 0 atom stereocenters. The molecule has 0 saturated carbocycles. The van der Waals surface area contributed by atoms with E-state index in [-0.39, 0.29) is 0 Å². The number of H-pyrrole nitrogens is 1. The van der Waals surface area contributed by atoms with Crippen LogP contribution in [-0.4, -0.2) is 15.2 Å². The van der Waals surface area contributed by atoms with Crippen LogP contribution in [0.2, 0.25) is 0 Å². The summed E-state index contributed by atoms with van der Waals surface area (Å²) in [6, 6.07) is 0. The number of rotatable bonds is 1. The summed E-state index contributed by atoms with van der Waals surface area (Å²) in [5, 5.41) is 6.08. The third-order valence-corrected chi connectivity index (χ3v) is 0.899. The highest BCUT2D eigenvalue weighted by molar-refractivity contribution is 7.71. The van der Waals surface area contributed by atoms with Crippen molar-refractivity contribution in [3.8, 4) is 0 Å². The first-order chi connectivity index (χ1) is 4.33. The Hall–Kier alpha value is -1.01. The molecule has 0 aliphatic carbocycles. The van der Waals surface area contributed by atoms with E-state index in [1.807, 2.05) is 0 Å². The Morgan fingerprint density at radius 3 is 3.00 bits per heavy atom. The number of anilines is 1. The van der Waals surface area contributed by atoms with Crippen molar-refractivity contribution in [2.24, 2.45) is 5.84 Å². The molecule has 0 fully saturated rings. The van der Waals surface area contributed by atoms with Crippen molar-refractivity contribution >= 4 is 18.0 Å². The van der Waals surface area contributed by atoms with Crippen molar-refractivity contribution in [3.63, 3.8) is 0 Å². The van der Waals surface area contributed by atoms with Gasteiger partial charge in [-0.2, -0.15) is 10.1 Å². The first-order valence-corrected chi connectivity index (χ1v) is 2.62. The highest BCUT2D eigenvalue weighted by Crippen LogP contribution is 1.91. The minimum atomic E-state index is 0.311. The van der Waals surface area contributed by atoms with Crippen LogP contribution in [0, 0.1) is 4.77 Å². The molecule has 0 aromatic carbocycles. The molecule has 1 aromatic rings. The van der Waals surface area contributed by atoms with Crippen molar-refractivity contribution in [3.05, 3.63) is 11.0 Å². The maximum atomic E-state index is 5.01. The summed E-state index contributed by atoms with van der Waals surface area (Å²) in [4.78, 5) is 3.75. The van der Waals surface area contributed by atoms with Gasteiger partial charge in [-0.3, -0.25) is 5.10 Å². The predicted molar refractivity (Wildman–Crippen MR) is 35.0 cm³/mol.